The minimum absolute atomic E-state index is 0.0276. The number of fused-ring (bicyclic) bond motifs is 3. The molecule has 0 unspecified atom stereocenters. The van der Waals surface area contributed by atoms with Crippen molar-refractivity contribution in [2.45, 2.75) is 32.1 Å². The van der Waals surface area contributed by atoms with E-state index in [1.54, 1.807) is 0 Å². The molecule has 33 heavy (non-hydrogen) atoms. The minimum atomic E-state index is 0.0276. The first-order valence-electron chi connectivity index (χ1n) is 12.0. The summed E-state index contributed by atoms with van der Waals surface area (Å²) in [7, 11) is 3.99. The summed E-state index contributed by atoms with van der Waals surface area (Å²) < 4.78 is 0. The molecule has 0 aromatic heterocycles. The van der Waals surface area contributed by atoms with E-state index in [4.69, 9.17) is 0 Å². The fourth-order valence-corrected chi connectivity index (χ4v) is 5.75. The number of nitrogens with one attached hydrogen (secondary N) is 2. The number of hydrogen-bond acceptors (Lipinski definition) is 2. The predicted molar refractivity (Wildman–Crippen MR) is 143 cm³/mol. The molecule has 0 radical (unpaired) electrons. The van der Waals surface area contributed by atoms with Crippen molar-refractivity contribution in [2.75, 3.05) is 24.7 Å². The molecule has 0 atom stereocenters. The van der Waals surface area contributed by atoms with Gasteiger partial charge in [0.25, 0.3) is 0 Å². The Morgan fingerprint density at radius 2 is 0.970 bits per heavy atom. The Bertz CT molecular complexity index is 1220. The number of anilines is 2. The first kappa shape index (κ1) is 21.3. The highest BCUT2D eigenvalue weighted by molar-refractivity contribution is 5.89. The number of para-hydroxylation sites is 2. The lowest BCUT2D eigenvalue weighted by molar-refractivity contribution is 0.491. The molecular formula is C31H32N2. The van der Waals surface area contributed by atoms with Crippen LogP contribution in [0.1, 0.15) is 37.8 Å². The molecular weight excluding hydrogens is 400 g/mol. The van der Waals surface area contributed by atoms with Crippen LogP contribution in [0.2, 0.25) is 0 Å². The van der Waals surface area contributed by atoms with Crippen LogP contribution in [0.15, 0.2) is 84.9 Å². The fraction of sp³-hybridized carbons (Fsp3) is 0.226. The molecule has 0 heterocycles. The molecule has 4 aromatic rings. The van der Waals surface area contributed by atoms with Crippen molar-refractivity contribution in [1.29, 1.82) is 0 Å². The second-order valence-electron chi connectivity index (χ2n) is 8.90. The summed E-state index contributed by atoms with van der Waals surface area (Å²) >= 11 is 0. The normalized spacial score (nSPS) is 13.3. The summed E-state index contributed by atoms with van der Waals surface area (Å²) in [6, 6.07) is 31.3. The van der Waals surface area contributed by atoms with E-state index in [2.05, 4.69) is 109 Å². The van der Waals surface area contributed by atoms with Gasteiger partial charge in [0, 0.05) is 42.0 Å². The molecule has 0 amide bonds. The van der Waals surface area contributed by atoms with Gasteiger partial charge in [0.15, 0.2) is 0 Å². The second kappa shape index (κ2) is 8.44. The highest BCUT2D eigenvalue weighted by Crippen LogP contribution is 2.54. The summed E-state index contributed by atoms with van der Waals surface area (Å²) in [6.07, 6.45) is 2.16. The van der Waals surface area contributed by atoms with E-state index in [1.807, 2.05) is 14.1 Å². The lowest BCUT2D eigenvalue weighted by Crippen LogP contribution is -2.23. The van der Waals surface area contributed by atoms with Crippen LogP contribution in [0.4, 0.5) is 11.4 Å². The quantitative estimate of drug-likeness (QED) is 0.321. The lowest BCUT2D eigenvalue weighted by atomic mass is 9.73. The van der Waals surface area contributed by atoms with E-state index in [-0.39, 0.29) is 5.41 Å². The number of benzene rings is 4. The van der Waals surface area contributed by atoms with Crippen LogP contribution in [-0.4, -0.2) is 14.1 Å². The maximum absolute atomic E-state index is 3.36. The van der Waals surface area contributed by atoms with Gasteiger partial charge in [0.1, 0.15) is 0 Å². The fourth-order valence-electron chi connectivity index (χ4n) is 5.75. The van der Waals surface area contributed by atoms with Gasteiger partial charge in [-0.3, -0.25) is 0 Å². The Kier molecular flexibility index (Phi) is 5.46. The molecule has 0 saturated heterocycles. The standard InChI is InChI=1S/C31H32N2/c1-5-31(6-2)27-19-21(23-11-7-9-13-29(23)32-3)15-17-25(27)26-18-16-22(20-28(26)31)24-12-8-10-14-30(24)33-4/h7-20,32-33H,5-6H2,1-4H3. The van der Waals surface area contributed by atoms with Gasteiger partial charge in [-0.15, -0.1) is 0 Å². The van der Waals surface area contributed by atoms with E-state index in [9.17, 15) is 0 Å². The van der Waals surface area contributed by atoms with Crippen LogP contribution in [0.5, 0.6) is 0 Å². The van der Waals surface area contributed by atoms with Crippen molar-refractivity contribution in [3.05, 3.63) is 96.1 Å². The smallest absolute Gasteiger partial charge is 0.0417 e. The minimum Gasteiger partial charge on any atom is -0.388 e. The van der Waals surface area contributed by atoms with Crippen molar-refractivity contribution in [3.63, 3.8) is 0 Å². The van der Waals surface area contributed by atoms with Crippen molar-refractivity contribution < 1.29 is 0 Å². The first-order valence-corrected chi connectivity index (χ1v) is 12.0. The van der Waals surface area contributed by atoms with Crippen LogP contribution in [0.25, 0.3) is 33.4 Å². The van der Waals surface area contributed by atoms with Gasteiger partial charge < -0.3 is 10.6 Å². The maximum Gasteiger partial charge on any atom is 0.0417 e. The zero-order valence-electron chi connectivity index (χ0n) is 20.0. The average molecular weight is 433 g/mol. The molecule has 2 N–H and O–H groups in total. The van der Waals surface area contributed by atoms with Gasteiger partial charge in [-0.1, -0.05) is 74.5 Å². The third-order valence-corrected chi connectivity index (χ3v) is 7.58. The summed E-state index contributed by atoms with van der Waals surface area (Å²) in [5, 5.41) is 6.72. The van der Waals surface area contributed by atoms with Gasteiger partial charge in [0.2, 0.25) is 0 Å². The summed E-state index contributed by atoms with van der Waals surface area (Å²) in [4.78, 5) is 0. The second-order valence-corrected chi connectivity index (χ2v) is 8.90. The van der Waals surface area contributed by atoms with Crippen LogP contribution < -0.4 is 10.6 Å². The lowest BCUT2D eigenvalue weighted by Gasteiger charge is -2.30. The molecule has 2 heteroatoms. The molecule has 5 rings (SSSR count). The van der Waals surface area contributed by atoms with Crippen LogP contribution >= 0.6 is 0 Å². The van der Waals surface area contributed by atoms with Crippen LogP contribution in [0.3, 0.4) is 0 Å². The van der Waals surface area contributed by atoms with Crippen LogP contribution in [-0.2, 0) is 5.41 Å². The third-order valence-electron chi connectivity index (χ3n) is 7.58. The largest absolute Gasteiger partial charge is 0.388 e. The number of rotatable bonds is 6. The molecule has 0 aliphatic heterocycles. The van der Waals surface area contributed by atoms with Gasteiger partial charge in [-0.05, 0) is 70.5 Å². The first-order chi connectivity index (χ1) is 16.2. The SMILES string of the molecule is CCC1(CC)c2cc(-c3ccccc3NC)ccc2-c2ccc(-c3ccccc3NC)cc21. The molecule has 166 valence electrons. The van der Waals surface area contributed by atoms with Gasteiger partial charge in [-0.25, -0.2) is 0 Å². The topological polar surface area (TPSA) is 24.1 Å². The van der Waals surface area contributed by atoms with Crippen molar-refractivity contribution >= 4 is 11.4 Å². The highest BCUT2D eigenvalue weighted by Gasteiger charge is 2.40. The third kappa shape index (κ3) is 3.24. The summed E-state index contributed by atoms with van der Waals surface area (Å²) in [5.74, 6) is 0. The molecule has 0 spiro atoms. The molecule has 0 bridgehead atoms. The zero-order valence-corrected chi connectivity index (χ0v) is 20.0. The van der Waals surface area contributed by atoms with E-state index < -0.39 is 0 Å². The summed E-state index contributed by atoms with van der Waals surface area (Å²) in [6.45, 7) is 4.68. The van der Waals surface area contributed by atoms with E-state index in [1.165, 1.54) is 44.5 Å². The Hall–Kier alpha value is -3.52. The Labute approximate surface area is 197 Å². The molecule has 0 fully saturated rings. The summed E-state index contributed by atoms with van der Waals surface area (Å²) in [5.41, 5.74) is 13.1. The maximum atomic E-state index is 3.36. The van der Waals surface area contributed by atoms with Crippen molar-refractivity contribution in [2.24, 2.45) is 0 Å². The van der Waals surface area contributed by atoms with Crippen LogP contribution in [0, 0.1) is 0 Å². The molecule has 4 aromatic carbocycles. The Morgan fingerprint density at radius 1 is 0.545 bits per heavy atom. The van der Waals surface area contributed by atoms with Crippen molar-refractivity contribution in [3.8, 4) is 33.4 Å². The monoisotopic (exact) mass is 432 g/mol. The zero-order chi connectivity index (χ0) is 23.0. The highest BCUT2D eigenvalue weighted by atomic mass is 14.8. The van der Waals surface area contributed by atoms with E-state index in [0.717, 1.165) is 24.2 Å². The molecule has 2 nitrogen and oxygen atoms in total. The Balaban J connectivity index is 1.70. The molecule has 1 aliphatic rings. The van der Waals surface area contributed by atoms with Gasteiger partial charge in [-0.2, -0.15) is 0 Å². The van der Waals surface area contributed by atoms with Crippen molar-refractivity contribution in [1.82, 2.24) is 0 Å². The Morgan fingerprint density at radius 3 is 1.36 bits per heavy atom. The van der Waals surface area contributed by atoms with Gasteiger partial charge in [0.05, 0.1) is 0 Å². The molecule has 0 saturated carbocycles. The van der Waals surface area contributed by atoms with E-state index >= 15 is 0 Å². The number of hydrogen-bond donors (Lipinski definition) is 2. The van der Waals surface area contributed by atoms with E-state index in [0.29, 0.717) is 0 Å². The van der Waals surface area contributed by atoms with Gasteiger partial charge >= 0.3 is 0 Å². The molecule has 1 aliphatic carbocycles. The average Bonchev–Trinajstić information content (AvgIpc) is 3.17. The predicted octanol–water partition coefficient (Wildman–Crippen LogP) is 8.19.